The molecule has 0 atom stereocenters. The van der Waals surface area contributed by atoms with Gasteiger partial charge in [-0.25, -0.2) is 0 Å². The second-order valence-electron chi connectivity index (χ2n) is 12.9. The molecule has 0 radical (unpaired) electrons. The van der Waals surface area contributed by atoms with Crippen LogP contribution in [0.1, 0.15) is 145 Å². The van der Waals surface area contributed by atoms with E-state index in [1.807, 2.05) is 30.5 Å². The second-order valence-corrected chi connectivity index (χ2v) is 12.9. The molecule has 1 aromatic heterocycles. The van der Waals surface area contributed by atoms with Gasteiger partial charge in [0, 0.05) is 31.0 Å². The fourth-order valence-corrected chi connectivity index (χ4v) is 5.93. The van der Waals surface area contributed by atoms with Gasteiger partial charge in [-0.15, -0.1) is 0 Å². The van der Waals surface area contributed by atoms with Crippen molar-refractivity contribution in [3.8, 4) is 6.07 Å². The summed E-state index contributed by atoms with van der Waals surface area (Å²) in [7, 11) is 0. The lowest BCUT2D eigenvalue weighted by molar-refractivity contribution is -0.385. The number of nitro groups is 1. The molecule has 0 saturated carbocycles. The summed E-state index contributed by atoms with van der Waals surface area (Å²) >= 11 is 0. The van der Waals surface area contributed by atoms with Crippen molar-refractivity contribution in [3.63, 3.8) is 0 Å². The zero-order chi connectivity index (χ0) is 34.2. The standard InChI is InChI=1S/C42H56N4O2/c1-3-5-7-9-11-13-15-17-31-45(32-18-16-14-12-10-8-6-4-2)41-28-23-36(24-29-41)19-20-38-22-27-40(44-35-38)26-21-37-25-30-42(46(47)48)39(33-37)34-43/h19-30,33,35H,3-18,31-32H2,1-2H3/b20-19+,26-21+. The Hall–Kier alpha value is -4.24. The second kappa shape index (κ2) is 23.1. The fraction of sp³-hybridized carbons (Fsp3) is 0.476. The van der Waals surface area contributed by atoms with Crippen LogP contribution in [-0.2, 0) is 0 Å². The number of nitrogens with zero attached hydrogens (tertiary/aromatic N) is 4. The van der Waals surface area contributed by atoms with E-state index in [1.165, 1.54) is 121 Å². The third-order valence-electron chi connectivity index (χ3n) is 8.88. The molecule has 1 heterocycles. The van der Waals surface area contributed by atoms with Crippen molar-refractivity contribution in [3.05, 3.63) is 98.9 Å². The maximum atomic E-state index is 11.1. The van der Waals surface area contributed by atoms with Gasteiger partial charge in [0.1, 0.15) is 11.6 Å². The van der Waals surface area contributed by atoms with Crippen molar-refractivity contribution in [1.29, 1.82) is 5.26 Å². The number of rotatable bonds is 24. The molecule has 2 aromatic carbocycles. The van der Waals surface area contributed by atoms with Gasteiger partial charge in [-0.1, -0.05) is 140 Å². The number of unbranched alkanes of at least 4 members (excludes halogenated alkanes) is 14. The lowest BCUT2D eigenvalue weighted by atomic mass is 10.1. The molecule has 0 spiro atoms. The summed E-state index contributed by atoms with van der Waals surface area (Å²) in [6, 6.07) is 19.3. The molecule has 6 heteroatoms. The minimum Gasteiger partial charge on any atom is -0.372 e. The summed E-state index contributed by atoms with van der Waals surface area (Å²) in [5.74, 6) is 0. The van der Waals surface area contributed by atoms with Crippen molar-refractivity contribution in [2.45, 2.75) is 117 Å². The molecule has 0 amide bonds. The highest BCUT2D eigenvalue weighted by molar-refractivity contribution is 5.72. The molecule has 256 valence electrons. The third kappa shape index (κ3) is 14.7. The summed E-state index contributed by atoms with van der Waals surface area (Å²) in [6.07, 6.45) is 31.2. The first-order valence-electron chi connectivity index (χ1n) is 18.4. The molecule has 0 saturated heterocycles. The molecule has 3 rings (SSSR count). The Morgan fingerprint density at radius 1 is 0.667 bits per heavy atom. The van der Waals surface area contributed by atoms with Crippen LogP contribution in [0.5, 0.6) is 0 Å². The van der Waals surface area contributed by atoms with E-state index in [4.69, 9.17) is 0 Å². The van der Waals surface area contributed by atoms with Gasteiger partial charge in [-0.3, -0.25) is 15.1 Å². The maximum Gasteiger partial charge on any atom is 0.287 e. The number of aromatic nitrogens is 1. The molecule has 0 unspecified atom stereocenters. The molecular weight excluding hydrogens is 592 g/mol. The van der Waals surface area contributed by atoms with Crippen molar-refractivity contribution in [1.82, 2.24) is 4.98 Å². The summed E-state index contributed by atoms with van der Waals surface area (Å²) in [5, 5.41) is 20.3. The van der Waals surface area contributed by atoms with Crippen LogP contribution in [0.25, 0.3) is 24.3 Å². The van der Waals surface area contributed by atoms with Crippen LogP contribution in [-0.4, -0.2) is 23.0 Å². The van der Waals surface area contributed by atoms with E-state index >= 15 is 0 Å². The Balaban J connectivity index is 1.53. The molecule has 0 aliphatic carbocycles. The Morgan fingerprint density at radius 2 is 1.17 bits per heavy atom. The quantitative estimate of drug-likeness (QED) is 0.0548. The smallest absolute Gasteiger partial charge is 0.287 e. The van der Waals surface area contributed by atoms with E-state index in [2.05, 4.69) is 60.1 Å². The summed E-state index contributed by atoms with van der Waals surface area (Å²) in [5.41, 5.74) is 4.82. The Bertz CT molecular complexity index is 1420. The van der Waals surface area contributed by atoms with E-state index in [0.717, 1.165) is 29.9 Å². The van der Waals surface area contributed by atoms with Crippen LogP contribution in [0.15, 0.2) is 60.8 Å². The molecule has 3 aromatic rings. The van der Waals surface area contributed by atoms with Crippen LogP contribution >= 0.6 is 0 Å². The molecule has 0 fully saturated rings. The third-order valence-corrected chi connectivity index (χ3v) is 8.88. The molecule has 0 bridgehead atoms. The van der Waals surface area contributed by atoms with Gasteiger partial charge in [0.2, 0.25) is 0 Å². The summed E-state index contributed by atoms with van der Waals surface area (Å²) in [6.45, 7) is 6.83. The zero-order valence-corrected chi connectivity index (χ0v) is 29.4. The minimum absolute atomic E-state index is 0.0448. The fourth-order valence-electron chi connectivity index (χ4n) is 5.93. The van der Waals surface area contributed by atoms with Gasteiger partial charge < -0.3 is 4.90 Å². The van der Waals surface area contributed by atoms with E-state index in [1.54, 1.807) is 12.1 Å². The number of anilines is 1. The van der Waals surface area contributed by atoms with Gasteiger partial charge in [0.15, 0.2) is 0 Å². The average Bonchev–Trinajstić information content (AvgIpc) is 3.11. The number of hydrogen-bond donors (Lipinski definition) is 0. The topological polar surface area (TPSA) is 83.1 Å². The first-order valence-corrected chi connectivity index (χ1v) is 18.4. The van der Waals surface area contributed by atoms with Crippen LogP contribution in [0, 0.1) is 21.4 Å². The van der Waals surface area contributed by atoms with E-state index in [9.17, 15) is 15.4 Å². The van der Waals surface area contributed by atoms with E-state index in [0.29, 0.717) is 5.56 Å². The zero-order valence-electron chi connectivity index (χ0n) is 29.4. The minimum atomic E-state index is -0.541. The monoisotopic (exact) mass is 648 g/mol. The molecule has 0 aliphatic rings. The van der Waals surface area contributed by atoms with Crippen LogP contribution in [0.3, 0.4) is 0 Å². The van der Waals surface area contributed by atoms with Gasteiger partial charge in [-0.05, 0) is 65.9 Å². The first-order chi connectivity index (χ1) is 23.5. The Morgan fingerprint density at radius 3 is 1.69 bits per heavy atom. The molecule has 6 nitrogen and oxygen atoms in total. The lowest BCUT2D eigenvalue weighted by Gasteiger charge is -2.25. The SMILES string of the molecule is CCCCCCCCCCN(CCCCCCCCCC)c1ccc(/C=C/c2ccc(/C=C/c3ccc([N+](=O)[O-])c(C#N)c3)nc2)cc1. The largest absolute Gasteiger partial charge is 0.372 e. The molecular formula is C42H56N4O2. The summed E-state index contributed by atoms with van der Waals surface area (Å²) in [4.78, 5) is 17.7. The van der Waals surface area contributed by atoms with Crippen molar-refractivity contribution in [2.24, 2.45) is 0 Å². The number of nitro benzene ring substituents is 1. The number of pyridine rings is 1. The average molecular weight is 649 g/mol. The summed E-state index contributed by atoms with van der Waals surface area (Å²) < 4.78 is 0. The number of benzene rings is 2. The van der Waals surface area contributed by atoms with E-state index in [-0.39, 0.29) is 11.3 Å². The predicted molar refractivity (Wildman–Crippen MR) is 204 cm³/mol. The Labute approximate surface area is 289 Å². The Kier molecular flexibility index (Phi) is 18.4. The van der Waals surface area contributed by atoms with Crippen LogP contribution in [0.2, 0.25) is 0 Å². The van der Waals surface area contributed by atoms with Gasteiger partial charge in [0.05, 0.1) is 10.6 Å². The predicted octanol–water partition coefficient (Wildman–Crippen LogP) is 12.3. The normalized spacial score (nSPS) is 11.4. The molecule has 48 heavy (non-hydrogen) atoms. The molecule has 0 N–H and O–H groups in total. The van der Waals surface area contributed by atoms with Crippen molar-refractivity contribution in [2.75, 3.05) is 18.0 Å². The maximum absolute atomic E-state index is 11.1. The van der Waals surface area contributed by atoms with Gasteiger partial charge in [-0.2, -0.15) is 5.26 Å². The van der Waals surface area contributed by atoms with Gasteiger partial charge >= 0.3 is 0 Å². The van der Waals surface area contributed by atoms with Crippen LogP contribution < -0.4 is 4.90 Å². The number of hydrogen-bond acceptors (Lipinski definition) is 5. The highest BCUT2D eigenvalue weighted by Gasteiger charge is 2.13. The van der Waals surface area contributed by atoms with Crippen LogP contribution in [0.4, 0.5) is 11.4 Å². The van der Waals surface area contributed by atoms with E-state index < -0.39 is 4.92 Å². The highest BCUT2D eigenvalue weighted by Crippen LogP contribution is 2.22. The first kappa shape index (κ1) is 38.2. The van der Waals surface area contributed by atoms with Crippen molar-refractivity contribution < 1.29 is 4.92 Å². The highest BCUT2D eigenvalue weighted by atomic mass is 16.6. The van der Waals surface area contributed by atoms with Crippen molar-refractivity contribution >= 4 is 35.7 Å². The lowest BCUT2D eigenvalue weighted by Crippen LogP contribution is -2.25. The van der Waals surface area contributed by atoms with Gasteiger partial charge in [0.25, 0.3) is 5.69 Å². The molecule has 0 aliphatic heterocycles. The number of nitriles is 1.